The van der Waals surface area contributed by atoms with Crippen molar-refractivity contribution in [1.82, 2.24) is 10.0 Å². The molecule has 8 heteroatoms. The van der Waals surface area contributed by atoms with E-state index in [-0.39, 0.29) is 22.9 Å². The van der Waals surface area contributed by atoms with Crippen LogP contribution in [0.3, 0.4) is 0 Å². The van der Waals surface area contributed by atoms with Crippen molar-refractivity contribution < 1.29 is 19.1 Å². The second-order valence-electron chi connectivity index (χ2n) is 3.59. The number of carbonyl (C=O) groups excluding carboxylic acids is 2. The van der Waals surface area contributed by atoms with Gasteiger partial charge in [-0.3, -0.25) is 0 Å². The fourth-order valence-corrected chi connectivity index (χ4v) is 2.38. The van der Waals surface area contributed by atoms with Gasteiger partial charge in [-0.05, 0) is 13.8 Å². The van der Waals surface area contributed by atoms with Gasteiger partial charge in [0.05, 0.1) is 26.3 Å². The summed E-state index contributed by atoms with van der Waals surface area (Å²) in [6.07, 6.45) is -1.09. The molecule has 6 nitrogen and oxygen atoms in total. The second kappa shape index (κ2) is 7.18. The van der Waals surface area contributed by atoms with E-state index in [0.29, 0.717) is 13.1 Å². The Bertz CT molecular complexity index is 286. The molecule has 104 valence electrons. The van der Waals surface area contributed by atoms with E-state index in [9.17, 15) is 9.59 Å². The van der Waals surface area contributed by atoms with E-state index in [0.717, 1.165) is 0 Å². The van der Waals surface area contributed by atoms with Gasteiger partial charge >= 0.3 is 12.2 Å². The van der Waals surface area contributed by atoms with Crippen LogP contribution in [0.1, 0.15) is 13.8 Å². The van der Waals surface area contributed by atoms with Crippen molar-refractivity contribution >= 4 is 44.0 Å². The lowest BCUT2D eigenvalue weighted by Crippen LogP contribution is -2.59. The highest BCUT2D eigenvalue weighted by Crippen LogP contribution is 2.24. The van der Waals surface area contributed by atoms with Crippen LogP contribution >= 0.6 is 31.9 Å². The Morgan fingerprint density at radius 2 is 1.33 bits per heavy atom. The first-order valence-corrected chi connectivity index (χ1v) is 7.51. The van der Waals surface area contributed by atoms with Crippen LogP contribution in [0.15, 0.2) is 0 Å². The molecule has 1 heterocycles. The minimum atomic E-state index is -0.547. The summed E-state index contributed by atoms with van der Waals surface area (Å²) in [7, 11) is 0. The molecule has 0 unspecified atom stereocenters. The maximum atomic E-state index is 11.8. The first-order chi connectivity index (χ1) is 8.51. The third-order valence-corrected chi connectivity index (χ3v) is 4.90. The molecule has 1 fully saturated rings. The van der Waals surface area contributed by atoms with E-state index >= 15 is 0 Å². The van der Waals surface area contributed by atoms with Crippen LogP contribution in [0.25, 0.3) is 0 Å². The summed E-state index contributed by atoms with van der Waals surface area (Å²) in [6, 6.07) is 0. The maximum Gasteiger partial charge on any atom is 0.428 e. The van der Waals surface area contributed by atoms with Gasteiger partial charge in [0.2, 0.25) is 0 Å². The SMILES string of the molecule is CCOC(=O)N1C[C@H](Br)[C@@H](Br)CN1C(=O)OCC. The monoisotopic (exact) mass is 386 g/mol. The third-order valence-electron chi connectivity index (χ3n) is 2.34. The first kappa shape index (κ1) is 15.6. The fourth-order valence-electron chi connectivity index (χ4n) is 1.50. The number of amides is 2. The van der Waals surface area contributed by atoms with Gasteiger partial charge in [-0.15, -0.1) is 0 Å². The quantitative estimate of drug-likeness (QED) is 0.682. The predicted molar refractivity (Wildman–Crippen MR) is 72.9 cm³/mol. The summed E-state index contributed by atoms with van der Waals surface area (Å²) in [5, 5.41) is 2.53. The highest BCUT2D eigenvalue weighted by atomic mass is 79.9. The van der Waals surface area contributed by atoms with Crippen molar-refractivity contribution in [3.05, 3.63) is 0 Å². The van der Waals surface area contributed by atoms with Gasteiger partial charge < -0.3 is 9.47 Å². The Hall–Kier alpha value is -0.500. The van der Waals surface area contributed by atoms with E-state index < -0.39 is 12.2 Å². The standard InChI is InChI=1S/C10H16Br2N2O4/c1-3-17-9(15)13-5-7(11)8(12)6-14(13)10(16)18-4-2/h7-8H,3-6H2,1-2H3/t7-,8-/m0/s1. The summed E-state index contributed by atoms with van der Waals surface area (Å²) >= 11 is 6.91. The number of carbonyl (C=O) groups is 2. The average Bonchev–Trinajstić information content (AvgIpc) is 2.32. The molecule has 1 saturated heterocycles. The van der Waals surface area contributed by atoms with Crippen LogP contribution in [0, 0.1) is 0 Å². The Balaban J connectivity index is 2.80. The molecule has 18 heavy (non-hydrogen) atoms. The van der Waals surface area contributed by atoms with E-state index in [4.69, 9.17) is 9.47 Å². The van der Waals surface area contributed by atoms with Gasteiger partial charge in [-0.25, -0.2) is 19.6 Å². The van der Waals surface area contributed by atoms with Gasteiger partial charge in [0.25, 0.3) is 0 Å². The molecule has 2 amide bonds. The average molecular weight is 388 g/mol. The number of rotatable bonds is 2. The highest BCUT2D eigenvalue weighted by molar-refractivity contribution is 9.12. The number of alkyl halides is 2. The Morgan fingerprint density at radius 1 is 1.00 bits per heavy atom. The van der Waals surface area contributed by atoms with Crippen LogP contribution < -0.4 is 0 Å². The normalized spacial score (nSPS) is 23.8. The zero-order valence-electron chi connectivity index (χ0n) is 10.3. The highest BCUT2D eigenvalue weighted by Gasteiger charge is 2.38. The predicted octanol–water partition coefficient (Wildman–Crippen LogP) is 2.36. The Morgan fingerprint density at radius 3 is 1.61 bits per heavy atom. The van der Waals surface area contributed by atoms with Crippen LogP contribution in [-0.4, -0.2) is 58.2 Å². The van der Waals surface area contributed by atoms with E-state index in [1.165, 1.54) is 10.0 Å². The zero-order valence-corrected chi connectivity index (χ0v) is 13.4. The summed E-state index contributed by atoms with van der Waals surface area (Å²) in [5.41, 5.74) is 0. The number of nitrogens with zero attached hydrogens (tertiary/aromatic N) is 2. The molecule has 0 aromatic carbocycles. The molecule has 0 saturated carbocycles. The van der Waals surface area contributed by atoms with Gasteiger partial charge in [-0.2, -0.15) is 0 Å². The molecule has 0 bridgehead atoms. The topological polar surface area (TPSA) is 59.1 Å². The largest absolute Gasteiger partial charge is 0.448 e. The third kappa shape index (κ3) is 3.74. The second-order valence-corrected chi connectivity index (χ2v) is 5.95. The summed E-state index contributed by atoms with van der Waals surface area (Å²) in [4.78, 5) is 23.7. The van der Waals surface area contributed by atoms with Crippen LogP contribution in [0.5, 0.6) is 0 Å². The van der Waals surface area contributed by atoms with Crippen molar-refractivity contribution in [3.63, 3.8) is 0 Å². The lowest BCUT2D eigenvalue weighted by Gasteiger charge is -2.40. The Kier molecular flexibility index (Phi) is 6.20. The first-order valence-electron chi connectivity index (χ1n) is 5.67. The number of hydrogen-bond donors (Lipinski definition) is 0. The molecule has 1 aliphatic heterocycles. The molecular formula is C10H16Br2N2O4. The minimum Gasteiger partial charge on any atom is -0.448 e. The lowest BCUT2D eigenvalue weighted by atomic mass is 10.2. The molecule has 0 spiro atoms. The Labute approximate surface area is 123 Å². The maximum absolute atomic E-state index is 11.8. The smallest absolute Gasteiger partial charge is 0.428 e. The van der Waals surface area contributed by atoms with Gasteiger partial charge in [0.1, 0.15) is 0 Å². The van der Waals surface area contributed by atoms with E-state index in [1.54, 1.807) is 13.8 Å². The molecule has 0 aromatic rings. The molecule has 1 aliphatic rings. The fraction of sp³-hybridized carbons (Fsp3) is 0.800. The number of halogens is 2. The number of ether oxygens (including phenoxy) is 2. The number of hydrazine groups is 1. The molecule has 0 aliphatic carbocycles. The summed E-state index contributed by atoms with van der Waals surface area (Å²) < 4.78 is 9.85. The molecule has 0 N–H and O–H groups in total. The van der Waals surface area contributed by atoms with Crippen molar-refractivity contribution in [1.29, 1.82) is 0 Å². The molecule has 0 radical (unpaired) electrons. The van der Waals surface area contributed by atoms with Crippen molar-refractivity contribution in [2.24, 2.45) is 0 Å². The molecule has 0 aromatic heterocycles. The lowest BCUT2D eigenvalue weighted by molar-refractivity contribution is -0.0315. The van der Waals surface area contributed by atoms with Crippen LogP contribution in [0.2, 0.25) is 0 Å². The van der Waals surface area contributed by atoms with Gasteiger partial charge in [0, 0.05) is 9.65 Å². The molecular weight excluding hydrogens is 372 g/mol. The van der Waals surface area contributed by atoms with E-state index in [2.05, 4.69) is 31.9 Å². The van der Waals surface area contributed by atoms with Crippen molar-refractivity contribution in [3.8, 4) is 0 Å². The van der Waals surface area contributed by atoms with Gasteiger partial charge in [0.15, 0.2) is 0 Å². The van der Waals surface area contributed by atoms with Crippen molar-refractivity contribution in [2.45, 2.75) is 23.5 Å². The van der Waals surface area contributed by atoms with Gasteiger partial charge in [-0.1, -0.05) is 31.9 Å². The number of hydrogen-bond acceptors (Lipinski definition) is 4. The van der Waals surface area contributed by atoms with Crippen LogP contribution in [0.4, 0.5) is 9.59 Å². The zero-order chi connectivity index (χ0) is 13.7. The summed E-state index contributed by atoms with van der Waals surface area (Å²) in [5.74, 6) is 0. The van der Waals surface area contributed by atoms with Crippen molar-refractivity contribution in [2.75, 3.05) is 26.3 Å². The van der Waals surface area contributed by atoms with Crippen LogP contribution in [-0.2, 0) is 9.47 Å². The summed E-state index contributed by atoms with van der Waals surface area (Å²) in [6.45, 7) is 4.64. The minimum absolute atomic E-state index is 0.0487. The van der Waals surface area contributed by atoms with E-state index in [1.807, 2.05) is 0 Å². The molecule has 1 rings (SSSR count). The molecule has 2 atom stereocenters.